The predicted molar refractivity (Wildman–Crippen MR) is 106 cm³/mol. The van der Waals surface area contributed by atoms with Crippen molar-refractivity contribution in [2.75, 3.05) is 0 Å². The van der Waals surface area contributed by atoms with Crippen molar-refractivity contribution in [1.82, 2.24) is 3.97 Å². The van der Waals surface area contributed by atoms with Crippen molar-refractivity contribution in [3.05, 3.63) is 66.4 Å². The molecule has 0 unspecified atom stereocenters. The molecule has 1 saturated carbocycles. The van der Waals surface area contributed by atoms with Crippen LogP contribution in [0.1, 0.15) is 18.4 Å². The molecule has 0 aliphatic heterocycles. The summed E-state index contributed by atoms with van der Waals surface area (Å²) in [5.41, 5.74) is 12.9. The first-order valence-corrected chi connectivity index (χ1v) is 10.00. The van der Waals surface area contributed by atoms with Gasteiger partial charge in [-0.3, -0.25) is 0 Å². The quantitative estimate of drug-likeness (QED) is 0.400. The van der Waals surface area contributed by atoms with Crippen molar-refractivity contribution < 1.29 is 8.42 Å². The van der Waals surface area contributed by atoms with Gasteiger partial charge in [-0.1, -0.05) is 36.4 Å². The highest BCUT2D eigenvalue weighted by molar-refractivity contribution is 7.90. The summed E-state index contributed by atoms with van der Waals surface area (Å²) in [6, 6.07) is 15.7. The average Bonchev–Trinajstić information content (AvgIpc) is 3.43. The summed E-state index contributed by atoms with van der Waals surface area (Å²) in [5, 5.41) is 8.82. The summed E-state index contributed by atoms with van der Waals surface area (Å²) in [4.78, 5) is 0.228. The van der Waals surface area contributed by atoms with Gasteiger partial charge in [-0.2, -0.15) is 5.10 Å². The summed E-state index contributed by atoms with van der Waals surface area (Å²) < 4.78 is 27.7. The second kappa shape index (κ2) is 6.55. The molecule has 1 fully saturated rings. The van der Waals surface area contributed by atoms with E-state index in [0.29, 0.717) is 11.2 Å². The van der Waals surface area contributed by atoms with E-state index in [1.807, 2.05) is 18.2 Å². The van der Waals surface area contributed by atoms with Crippen LogP contribution in [-0.4, -0.2) is 24.1 Å². The summed E-state index contributed by atoms with van der Waals surface area (Å²) in [6.07, 6.45) is 3.57. The first-order chi connectivity index (χ1) is 13.0. The number of hydrogen-bond acceptors (Lipinski definition) is 4. The molecular formula is C19H19N5O2S. The van der Waals surface area contributed by atoms with Crippen molar-refractivity contribution in [2.45, 2.75) is 17.7 Å². The summed E-state index contributed by atoms with van der Waals surface area (Å²) in [6.45, 7) is 0. The van der Waals surface area contributed by atoms with Gasteiger partial charge in [0.15, 0.2) is 0 Å². The maximum absolute atomic E-state index is 13.2. The Kier molecular flexibility index (Phi) is 4.19. The zero-order chi connectivity index (χ0) is 19.0. The van der Waals surface area contributed by atoms with Gasteiger partial charge in [0.05, 0.1) is 16.1 Å². The third-order valence-corrected chi connectivity index (χ3v) is 6.18. The maximum Gasteiger partial charge on any atom is 0.268 e. The first kappa shape index (κ1) is 17.3. The topological polar surface area (TPSA) is 116 Å². The Morgan fingerprint density at radius 1 is 0.963 bits per heavy atom. The fourth-order valence-corrected chi connectivity index (χ4v) is 4.47. The minimum absolute atomic E-state index is 0.131. The van der Waals surface area contributed by atoms with Crippen LogP contribution in [0.25, 0.3) is 10.9 Å². The Balaban J connectivity index is 1.95. The van der Waals surface area contributed by atoms with Crippen LogP contribution in [0.2, 0.25) is 0 Å². The Bertz CT molecular complexity index is 1160. The lowest BCUT2D eigenvalue weighted by Gasteiger charge is -2.07. The summed E-state index contributed by atoms with van der Waals surface area (Å²) in [5.74, 6) is 0.0978. The van der Waals surface area contributed by atoms with Crippen LogP contribution < -0.4 is 11.5 Å². The third kappa shape index (κ3) is 3.19. The molecule has 0 radical (unpaired) electrons. The molecule has 0 amide bonds. The zero-order valence-corrected chi connectivity index (χ0v) is 15.3. The van der Waals surface area contributed by atoms with E-state index in [0.717, 1.165) is 23.8 Å². The van der Waals surface area contributed by atoms with Crippen molar-refractivity contribution in [2.24, 2.45) is 27.6 Å². The minimum Gasteiger partial charge on any atom is -0.369 e. The van der Waals surface area contributed by atoms with Gasteiger partial charge in [-0.15, -0.1) is 5.10 Å². The molecule has 4 N–H and O–H groups in total. The van der Waals surface area contributed by atoms with E-state index in [1.165, 1.54) is 3.97 Å². The zero-order valence-electron chi connectivity index (χ0n) is 14.5. The number of rotatable bonds is 5. The number of guanidine groups is 1. The van der Waals surface area contributed by atoms with Crippen LogP contribution >= 0.6 is 0 Å². The standard InChI is InChI=1S/C19H19N5O2S/c20-19(21)23-22-18(13-10-11-13)16-12-24(17-9-5-4-8-15(16)17)27(25,26)14-6-2-1-3-7-14/h1-9,12-13H,10-11H2,(H4,20,21,23)/b22-18+. The van der Waals surface area contributed by atoms with Gasteiger partial charge in [0.2, 0.25) is 5.96 Å². The molecule has 1 aliphatic rings. The molecular weight excluding hydrogens is 362 g/mol. The van der Waals surface area contributed by atoms with Crippen LogP contribution in [0.5, 0.6) is 0 Å². The minimum atomic E-state index is -3.74. The summed E-state index contributed by atoms with van der Waals surface area (Å²) in [7, 11) is -3.74. The van der Waals surface area contributed by atoms with E-state index in [-0.39, 0.29) is 16.8 Å². The monoisotopic (exact) mass is 381 g/mol. The van der Waals surface area contributed by atoms with Crippen LogP contribution in [0, 0.1) is 5.92 Å². The number of nitrogens with two attached hydrogens (primary N) is 2. The Hall–Kier alpha value is -3.13. The van der Waals surface area contributed by atoms with Gasteiger partial charge in [-0.25, -0.2) is 12.4 Å². The van der Waals surface area contributed by atoms with E-state index in [1.54, 1.807) is 42.6 Å². The highest BCUT2D eigenvalue weighted by Crippen LogP contribution is 2.37. The number of para-hydroxylation sites is 1. The lowest BCUT2D eigenvalue weighted by atomic mass is 10.1. The second-order valence-corrected chi connectivity index (χ2v) is 8.27. The van der Waals surface area contributed by atoms with Gasteiger partial charge in [0.1, 0.15) is 0 Å². The molecule has 0 bridgehead atoms. The predicted octanol–water partition coefficient (Wildman–Crippen LogP) is 2.27. The lowest BCUT2D eigenvalue weighted by Crippen LogP contribution is -2.22. The molecule has 1 heterocycles. The molecule has 1 aliphatic carbocycles. The van der Waals surface area contributed by atoms with E-state index in [4.69, 9.17) is 11.5 Å². The molecule has 3 aromatic rings. The third-order valence-electron chi connectivity index (χ3n) is 4.49. The van der Waals surface area contributed by atoms with Gasteiger partial charge in [0.25, 0.3) is 10.0 Å². The number of hydrogen-bond donors (Lipinski definition) is 2. The Morgan fingerprint density at radius 2 is 1.63 bits per heavy atom. The van der Waals surface area contributed by atoms with Crippen molar-refractivity contribution in [3.63, 3.8) is 0 Å². The largest absolute Gasteiger partial charge is 0.369 e. The van der Waals surface area contributed by atoms with E-state index >= 15 is 0 Å². The number of benzene rings is 2. The number of nitrogens with zero attached hydrogens (tertiary/aromatic N) is 3. The highest BCUT2D eigenvalue weighted by Gasteiger charge is 2.32. The van der Waals surface area contributed by atoms with E-state index in [9.17, 15) is 8.42 Å². The second-order valence-electron chi connectivity index (χ2n) is 6.46. The molecule has 138 valence electrons. The van der Waals surface area contributed by atoms with Crippen molar-refractivity contribution in [1.29, 1.82) is 0 Å². The summed E-state index contributed by atoms with van der Waals surface area (Å²) >= 11 is 0. The van der Waals surface area contributed by atoms with Crippen LogP contribution in [-0.2, 0) is 10.0 Å². The van der Waals surface area contributed by atoms with Gasteiger partial charge < -0.3 is 11.5 Å². The van der Waals surface area contributed by atoms with E-state index < -0.39 is 10.0 Å². The Morgan fingerprint density at radius 3 is 2.30 bits per heavy atom. The molecule has 4 rings (SSSR count). The first-order valence-electron chi connectivity index (χ1n) is 8.56. The molecule has 27 heavy (non-hydrogen) atoms. The molecule has 0 atom stereocenters. The van der Waals surface area contributed by atoms with E-state index in [2.05, 4.69) is 10.2 Å². The Labute approximate surface area is 157 Å². The van der Waals surface area contributed by atoms with Crippen LogP contribution in [0.3, 0.4) is 0 Å². The normalized spacial score (nSPS) is 15.0. The maximum atomic E-state index is 13.2. The number of fused-ring (bicyclic) bond motifs is 1. The average molecular weight is 381 g/mol. The molecule has 0 saturated heterocycles. The number of aromatic nitrogens is 1. The smallest absolute Gasteiger partial charge is 0.268 e. The molecule has 1 aromatic heterocycles. The van der Waals surface area contributed by atoms with Crippen molar-refractivity contribution >= 4 is 32.6 Å². The fourth-order valence-electron chi connectivity index (χ4n) is 3.08. The molecule has 8 heteroatoms. The van der Waals surface area contributed by atoms with Gasteiger partial charge >= 0.3 is 0 Å². The highest BCUT2D eigenvalue weighted by atomic mass is 32.2. The van der Waals surface area contributed by atoms with Crippen LogP contribution in [0.4, 0.5) is 0 Å². The molecule has 0 spiro atoms. The van der Waals surface area contributed by atoms with Crippen LogP contribution in [0.15, 0.2) is 75.9 Å². The SMILES string of the molecule is NC(N)=N/N=C(/c1cn(S(=O)(=O)c2ccccc2)c2ccccc12)C1CC1. The molecule has 7 nitrogen and oxygen atoms in total. The lowest BCUT2D eigenvalue weighted by molar-refractivity contribution is 0.589. The van der Waals surface area contributed by atoms with Gasteiger partial charge in [0, 0.05) is 23.1 Å². The van der Waals surface area contributed by atoms with Crippen molar-refractivity contribution in [3.8, 4) is 0 Å². The molecule has 2 aromatic carbocycles. The van der Waals surface area contributed by atoms with Gasteiger partial charge in [-0.05, 0) is 31.0 Å². The fraction of sp³-hybridized carbons (Fsp3) is 0.158.